The van der Waals surface area contributed by atoms with Crippen LogP contribution in [0, 0.1) is 10.1 Å². The molecular formula is C27H26Cl2N7O7+. The quantitative estimate of drug-likeness (QED) is 0.121. The van der Waals surface area contributed by atoms with Gasteiger partial charge in [0.25, 0.3) is 5.91 Å². The minimum Gasteiger partial charge on any atom is -0.401 e. The number of allylic oxidation sites excluding steroid dienone is 1. The summed E-state index contributed by atoms with van der Waals surface area (Å²) in [4.78, 5) is 52.1. The van der Waals surface area contributed by atoms with E-state index in [0.29, 0.717) is 26.5 Å². The van der Waals surface area contributed by atoms with Gasteiger partial charge in [0, 0.05) is 27.5 Å². The Kier molecular flexibility index (Phi) is 9.34. The van der Waals surface area contributed by atoms with Crippen molar-refractivity contribution in [1.82, 2.24) is 15.4 Å². The Labute approximate surface area is 254 Å². The molecule has 1 aromatic heterocycles. The number of nitro groups is 1. The number of anilines is 2. The van der Waals surface area contributed by atoms with Crippen molar-refractivity contribution < 1.29 is 34.0 Å². The van der Waals surface area contributed by atoms with Gasteiger partial charge in [-0.25, -0.2) is 9.59 Å². The minimum absolute atomic E-state index is 0.225. The summed E-state index contributed by atoms with van der Waals surface area (Å²) in [6.45, 7) is 2.75. The molecule has 14 nitrogen and oxygen atoms in total. The van der Waals surface area contributed by atoms with Crippen LogP contribution in [-0.2, 0) is 4.79 Å². The van der Waals surface area contributed by atoms with Crippen LogP contribution < -0.4 is 20.7 Å². The summed E-state index contributed by atoms with van der Waals surface area (Å²) in [6.07, 6.45) is 2.93. The first-order chi connectivity index (χ1) is 20.4. The summed E-state index contributed by atoms with van der Waals surface area (Å²) in [5, 5.41) is 28.2. The Morgan fingerprint density at radius 3 is 2.35 bits per heavy atom. The fourth-order valence-corrected chi connectivity index (χ4v) is 4.57. The summed E-state index contributed by atoms with van der Waals surface area (Å²) >= 11 is 11.9. The zero-order chi connectivity index (χ0) is 31.3. The Morgan fingerprint density at radius 1 is 1.12 bits per heavy atom. The number of nitrogens with one attached hydrogen (secondary N) is 3. The molecule has 1 aliphatic heterocycles. The number of hydroxylamine groups is 2. The second-order valence-corrected chi connectivity index (χ2v) is 10.5. The number of halogens is 2. The minimum atomic E-state index is -1.29. The van der Waals surface area contributed by atoms with Gasteiger partial charge in [0.2, 0.25) is 0 Å². The molecule has 0 saturated carbocycles. The Bertz CT molecular complexity index is 1570. The molecule has 4 N–H and O–H groups in total. The summed E-state index contributed by atoms with van der Waals surface area (Å²) in [5.41, 5.74) is 1.80. The summed E-state index contributed by atoms with van der Waals surface area (Å²) in [6, 6.07) is 13.4. The monoisotopic (exact) mass is 630 g/mol. The van der Waals surface area contributed by atoms with Gasteiger partial charge in [-0.2, -0.15) is 5.06 Å². The van der Waals surface area contributed by atoms with Crippen LogP contribution in [0.1, 0.15) is 19.6 Å². The van der Waals surface area contributed by atoms with Gasteiger partial charge >= 0.3 is 17.9 Å². The van der Waals surface area contributed by atoms with Crippen molar-refractivity contribution in [2.75, 3.05) is 16.8 Å². The van der Waals surface area contributed by atoms with Crippen LogP contribution in [0.15, 0.2) is 71.2 Å². The van der Waals surface area contributed by atoms with Crippen LogP contribution in [0.4, 0.5) is 26.8 Å². The molecule has 2 heterocycles. The molecule has 5 amide bonds. The number of carbonyl (C=O) groups is 3. The van der Waals surface area contributed by atoms with Crippen molar-refractivity contribution in [3.05, 3.63) is 92.7 Å². The maximum Gasteiger partial charge on any atom is 0.433 e. The smallest absolute Gasteiger partial charge is 0.401 e. The number of amides is 5. The number of rotatable bonds is 9. The van der Waals surface area contributed by atoms with E-state index in [4.69, 9.17) is 27.6 Å². The normalized spacial score (nSPS) is 16.2. The van der Waals surface area contributed by atoms with Crippen LogP contribution in [0.5, 0.6) is 0 Å². The summed E-state index contributed by atoms with van der Waals surface area (Å²) in [7, 11) is 0. The lowest BCUT2D eigenvalue weighted by molar-refractivity contribution is -0.505. The maximum atomic E-state index is 13.7. The Hall–Kier alpha value is -4.92. The Balaban J connectivity index is 1.50. The number of nitrogens with zero attached hydrogens (tertiary/aromatic N) is 4. The van der Waals surface area contributed by atoms with Crippen LogP contribution >= 0.6 is 23.2 Å². The van der Waals surface area contributed by atoms with E-state index in [-0.39, 0.29) is 5.76 Å². The number of hydrogen-bond acceptors (Lipinski definition) is 7. The van der Waals surface area contributed by atoms with Crippen molar-refractivity contribution in [1.29, 1.82) is 0 Å². The topological polar surface area (TPSA) is 175 Å². The van der Waals surface area contributed by atoms with E-state index in [0.717, 1.165) is 0 Å². The number of carbonyl (C=O) groups excluding carboxylic acids is 3. The standard InChI is InChI=1S/C27H25Cl2N7O7/c1-27(2)24(35(40)25(38)31-19-9-5-17(28)6-10-19)34(20-11-7-18(29)8-12-20)26(39)33(27)16-22(37)32-30-15-3-4-21-13-14-23(43-21)36(41)42/h3-15,24,40H,16H2,1-2H3,(H,31,38)(H,32,37)/p+1/b4-3+,30-15+/t24-/m1/s1. The molecule has 0 spiro atoms. The molecule has 1 atom stereocenters. The van der Waals surface area contributed by atoms with Gasteiger partial charge < -0.3 is 14.6 Å². The molecule has 0 unspecified atom stereocenters. The van der Waals surface area contributed by atoms with Gasteiger partial charge in [-0.15, -0.1) is 10.5 Å². The largest absolute Gasteiger partial charge is 0.433 e. The number of hydrazone groups is 1. The van der Waals surface area contributed by atoms with Crippen LogP contribution in [0.25, 0.3) is 6.08 Å². The number of hydrazine groups is 1. The molecule has 43 heavy (non-hydrogen) atoms. The third-order valence-electron chi connectivity index (χ3n) is 6.40. The molecule has 3 aromatic rings. The molecule has 0 aliphatic carbocycles. The zero-order valence-electron chi connectivity index (χ0n) is 22.7. The maximum absolute atomic E-state index is 13.7. The zero-order valence-corrected chi connectivity index (χ0v) is 24.2. The van der Waals surface area contributed by atoms with Gasteiger partial charge in [0.05, 0.1) is 11.6 Å². The van der Waals surface area contributed by atoms with Gasteiger partial charge in [0.15, 0.2) is 12.4 Å². The molecular weight excluding hydrogens is 605 g/mol. The van der Waals surface area contributed by atoms with E-state index in [9.17, 15) is 29.7 Å². The number of urea groups is 2. The van der Waals surface area contributed by atoms with E-state index in [1.807, 2.05) is 0 Å². The van der Waals surface area contributed by atoms with Crippen LogP contribution in [0.3, 0.4) is 0 Å². The summed E-state index contributed by atoms with van der Waals surface area (Å²) < 4.78 is 5.00. The molecule has 1 aliphatic rings. The number of benzene rings is 2. The molecule has 4 rings (SSSR count). The second kappa shape index (κ2) is 12.9. The predicted octanol–water partition coefficient (Wildman–Crippen LogP) is 3.66. The molecule has 224 valence electrons. The fraction of sp³-hybridized carbons (Fsp3) is 0.185. The van der Waals surface area contributed by atoms with Crippen LogP contribution in [0.2, 0.25) is 10.0 Å². The SMILES string of the molecule is CC1(C)[C@@H](N(O)C(=O)Nc2ccc(Cl)cc2)N(c2ccc(Cl)cc2)C(=O)N1CC(=O)N/[NH+]=C/C=C/c1ccc([N+](=O)[O-])o1. The first-order valence-corrected chi connectivity index (χ1v) is 13.3. The molecule has 2 aromatic carbocycles. The Morgan fingerprint density at radius 2 is 1.74 bits per heavy atom. The highest BCUT2D eigenvalue weighted by Gasteiger charge is 2.56. The van der Waals surface area contributed by atoms with E-state index in [2.05, 4.69) is 15.8 Å². The van der Waals surface area contributed by atoms with Gasteiger partial charge in [-0.05, 0) is 74.5 Å². The van der Waals surface area contributed by atoms with Crippen molar-refractivity contribution in [3.8, 4) is 0 Å². The third kappa shape index (κ3) is 7.12. The first kappa shape index (κ1) is 31.0. The molecule has 1 saturated heterocycles. The van der Waals surface area contributed by atoms with Crippen LogP contribution in [-0.4, -0.2) is 62.5 Å². The number of furan rings is 1. The van der Waals surface area contributed by atoms with Crippen molar-refractivity contribution in [2.45, 2.75) is 25.6 Å². The third-order valence-corrected chi connectivity index (χ3v) is 6.90. The average molecular weight is 631 g/mol. The van der Waals surface area contributed by atoms with E-state index in [1.54, 1.807) is 62.4 Å². The van der Waals surface area contributed by atoms with Gasteiger partial charge in [-0.3, -0.25) is 25.0 Å². The highest BCUT2D eigenvalue weighted by molar-refractivity contribution is 6.31. The molecule has 1 fully saturated rings. The van der Waals surface area contributed by atoms with E-state index < -0.39 is 47.0 Å². The van der Waals surface area contributed by atoms with Crippen molar-refractivity contribution >= 4 is 70.7 Å². The first-order valence-electron chi connectivity index (χ1n) is 12.6. The molecule has 16 heteroatoms. The highest BCUT2D eigenvalue weighted by atomic mass is 35.5. The highest BCUT2D eigenvalue weighted by Crippen LogP contribution is 2.38. The average Bonchev–Trinajstić information content (AvgIpc) is 3.51. The second-order valence-electron chi connectivity index (χ2n) is 9.68. The lowest BCUT2D eigenvalue weighted by Gasteiger charge is -2.38. The lowest BCUT2D eigenvalue weighted by Crippen LogP contribution is -2.82. The van der Waals surface area contributed by atoms with Crippen molar-refractivity contribution in [3.63, 3.8) is 0 Å². The molecule has 0 radical (unpaired) electrons. The van der Waals surface area contributed by atoms with E-state index >= 15 is 0 Å². The summed E-state index contributed by atoms with van der Waals surface area (Å²) in [5.74, 6) is -0.803. The van der Waals surface area contributed by atoms with E-state index in [1.165, 1.54) is 40.3 Å². The lowest BCUT2D eigenvalue weighted by atomic mass is 9.99. The van der Waals surface area contributed by atoms with Crippen molar-refractivity contribution in [2.24, 2.45) is 0 Å². The number of hydrogen-bond donors (Lipinski definition) is 4. The van der Waals surface area contributed by atoms with Gasteiger partial charge in [0.1, 0.15) is 17.2 Å². The molecule has 0 bridgehead atoms. The predicted molar refractivity (Wildman–Crippen MR) is 158 cm³/mol. The fourth-order valence-electron chi connectivity index (χ4n) is 4.32. The van der Waals surface area contributed by atoms with Gasteiger partial charge in [-0.1, -0.05) is 23.2 Å².